The Balaban J connectivity index is 2.20. The Morgan fingerprint density at radius 1 is 1.26 bits per heavy atom. The number of aromatic nitrogens is 3. The number of carbonyl (C=O) groups excluding carboxylic acids is 1. The van der Waals surface area contributed by atoms with Crippen LogP contribution < -0.4 is 16.0 Å². The number of hydrogen-bond acceptors (Lipinski definition) is 6. The molecule has 0 fully saturated rings. The van der Waals surface area contributed by atoms with Gasteiger partial charge in [-0.1, -0.05) is 6.07 Å². The first kappa shape index (κ1) is 12.7. The minimum absolute atomic E-state index is 0.0829. The zero-order valence-corrected chi connectivity index (χ0v) is 10.7. The summed E-state index contributed by atoms with van der Waals surface area (Å²) in [6, 6.07) is 5.34. The minimum Gasteiger partial charge on any atom is -0.382 e. The lowest BCUT2D eigenvalue weighted by Gasteiger charge is -2.12. The fourth-order valence-electron chi connectivity index (χ4n) is 1.44. The van der Waals surface area contributed by atoms with E-state index in [9.17, 15) is 4.79 Å². The number of amides is 1. The highest BCUT2D eigenvalue weighted by Crippen LogP contribution is 2.13. The molecule has 19 heavy (non-hydrogen) atoms. The predicted octanol–water partition coefficient (Wildman–Crippen LogP) is 0.772. The lowest BCUT2D eigenvalue weighted by Crippen LogP contribution is -2.18. The van der Waals surface area contributed by atoms with E-state index < -0.39 is 5.91 Å². The quantitative estimate of drug-likeness (QED) is 0.844. The van der Waals surface area contributed by atoms with E-state index in [1.165, 1.54) is 12.4 Å². The van der Waals surface area contributed by atoms with Gasteiger partial charge in [-0.25, -0.2) is 15.0 Å². The number of carbonyl (C=O) groups is 1. The highest BCUT2D eigenvalue weighted by Gasteiger charge is 2.12. The van der Waals surface area contributed by atoms with Gasteiger partial charge in [0, 0.05) is 26.5 Å². The van der Waals surface area contributed by atoms with Crippen LogP contribution in [0, 0.1) is 0 Å². The molecule has 0 saturated carbocycles. The molecule has 0 spiro atoms. The number of hydrogen-bond donors (Lipinski definition) is 2. The molecule has 0 aliphatic rings. The Morgan fingerprint density at radius 2 is 2.00 bits per heavy atom. The number of nitrogen functional groups attached to an aromatic ring is 1. The van der Waals surface area contributed by atoms with Crippen molar-refractivity contribution >= 4 is 23.4 Å². The van der Waals surface area contributed by atoms with Crippen molar-refractivity contribution in [3.05, 3.63) is 36.3 Å². The van der Waals surface area contributed by atoms with Gasteiger partial charge in [0.15, 0.2) is 11.5 Å². The lowest BCUT2D eigenvalue weighted by molar-refractivity contribution is 0.102. The first-order valence-corrected chi connectivity index (χ1v) is 5.60. The van der Waals surface area contributed by atoms with Crippen LogP contribution in [0.2, 0.25) is 0 Å². The first-order valence-electron chi connectivity index (χ1n) is 5.60. The molecule has 7 nitrogen and oxygen atoms in total. The van der Waals surface area contributed by atoms with E-state index in [-0.39, 0.29) is 11.5 Å². The van der Waals surface area contributed by atoms with Crippen molar-refractivity contribution in [2.45, 2.75) is 0 Å². The number of rotatable bonds is 3. The molecule has 2 aromatic heterocycles. The normalized spacial score (nSPS) is 10.0. The summed E-state index contributed by atoms with van der Waals surface area (Å²) < 4.78 is 0. The monoisotopic (exact) mass is 258 g/mol. The maximum absolute atomic E-state index is 12.0. The summed E-state index contributed by atoms with van der Waals surface area (Å²) in [5.74, 6) is 0.823. The van der Waals surface area contributed by atoms with E-state index in [4.69, 9.17) is 5.73 Å². The molecular weight excluding hydrogens is 244 g/mol. The van der Waals surface area contributed by atoms with Crippen LogP contribution in [0.15, 0.2) is 30.6 Å². The number of nitrogens with one attached hydrogen (secondary N) is 1. The molecular formula is C12H14N6O. The molecule has 3 N–H and O–H groups in total. The Kier molecular flexibility index (Phi) is 3.56. The van der Waals surface area contributed by atoms with Crippen molar-refractivity contribution in [2.24, 2.45) is 0 Å². The molecule has 1 amide bonds. The van der Waals surface area contributed by atoms with E-state index in [0.29, 0.717) is 5.82 Å². The van der Waals surface area contributed by atoms with Gasteiger partial charge in [0.05, 0.1) is 0 Å². The topological polar surface area (TPSA) is 97.0 Å². The van der Waals surface area contributed by atoms with Crippen LogP contribution >= 0.6 is 0 Å². The molecule has 0 aromatic carbocycles. The molecule has 0 radical (unpaired) electrons. The summed E-state index contributed by atoms with van der Waals surface area (Å²) in [4.78, 5) is 25.8. The zero-order valence-electron chi connectivity index (χ0n) is 10.7. The largest absolute Gasteiger partial charge is 0.382 e. The van der Waals surface area contributed by atoms with Gasteiger partial charge in [-0.2, -0.15) is 0 Å². The summed E-state index contributed by atoms with van der Waals surface area (Å²) in [7, 11) is 3.74. The third kappa shape index (κ3) is 2.95. The highest BCUT2D eigenvalue weighted by molar-refractivity contribution is 6.05. The van der Waals surface area contributed by atoms with Gasteiger partial charge in [0.25, 0.3) is 5.91 Å². The van der Waals surface area contributed by atoms with Crippen LogP contribution in [0.5, 0.6) is 0 Å². The third-order valence-corrected chi connectivity index (χ3v) is 2.38. The van der Waals surface area contributed by atoms with Crippen LogP contribution in [0.4, 0.5) is 17.5 Å². The molecule has 0 unspecified atom stereocenters. The minimum atomic E-state index is -0.436. The average molecular weight is 258 g/mol. The van der Waals surface area contributed by atoms with Gasteiger partial charge in [0.2, 0.25) is 0 Å². The Hall–Kier alpha value is -2.70. The van der Waals surface area contributed by atoms with Crippen LogP contribution in [-0.4, -0.2) is 35.0 Å². The molecule has 7 heteroatoms. The van der Waals surface area contributed by atoms with Crippen LogP contribution in [0.25, 0.3) is 0 Å². The molecule has 0 aliphatic carbocycles. The molecule has 0 atom stereocenters. The van der Waals surface area contributed by atoms with Gasteiger partial charge >= 0.3 is 0 Å². The summed E-state index contributed by atoms with van der Waals surface area (Å²) in [5, 5.41) is 2.64. The molecule has 2 heterocycles. The lowest BCUT2D eigenvalue weighted by atomic mass is 10.3. The van der Waals surface area contributed by atoms with Crippen molar-refractivity contribution in [1.82, 2.24) is 15.0 Å². The maximum Gasteiger partial charge on any atom is 0.279 e. The number of pyridine rings is 1. The SMILES string of the molecule is CN(C)c1cccc(NC(=O)c2nccnc2N)n1. The van der Waals surface area contributed by atoms with Crippen LogP contribution in [0.3, 0.4) is 0 Å². The molecule has 0 aliphatic heterocycles. The summed E-state index contributed by atoms with van der Waals surface area (Å²) in [5.41, 5.74) is 5.67. The summed E-state index contributed by atoms with van der Waals surface area (Å²) in [6.45, 7) is 0. The standard InChI is InChI=1S/C12H14N6O/c1-18(2)9-5-3-4-8(16-9)17-12(19)10-11(13)15-7-6-14-10/h3-7H,1-2H3,(H2,13,15)(H,16,17,19). The van der Waals surface area contributed by atoms with Crippen molar-refractivity contribution in [3.8, 4) is 0 Å². The van der Waals surface area contributed by atoms with E-state index in [2.05, 4.69) is 20.3 Å². The second kappa shape index (κ2) is 5.30. The molecule has 2 aromatic rings. The number of anilines is 3. The van der Waals surface area contributed by atoms with Gasteiger partial charge in [-0.05, 0) is 12.1 Å². The van der Waals surface area contributed by atoms with Gasteiger partial charge in [-0.15, -0.1) is 0 Å². The second-order valence-corrected chi connectivity index (χ2v) is 4.02. The fraction of sp³-hybridized carbons (Fsp3) is 0.167. The molecule has 2 rings (SSSR count). The van der Waals surface area contributed by atoms with Crippen molar-refractivity contribution < 1.29 is 4.79 Å². The van der Waals surface area contributed by atoms with Crippen molar-refractivity contribution in [2.75, 3.05) is 30.0 Å². The predicted molar refractivity (Wildman–Crippen MR) is 73.0 cm³/mol. The number of nitrogens with zero attached hydrogens (tertiary/aromatic N) is 4. The molecule has 0 saturated heterocycles. The molecule has 0 bridgehead atoms. The smallest absolute Gasteiger partial charge is 0.279 e. The van der Waals surface area contributed by atoms with E-state index in [1.807, 2.05) is 25.1 Å². The third-order valence-electron chi connectivity index (χ3n) is 2.38. The summed E-state index contributed by atoms with van der Waals surface area (Å²) >= 11 is 0. The van der Waals surface area contributed by atoms with E-state index >= 15 is 0 Å². The van der Waals surface area contributed by atoms with E-state index in [1.54, 1.807) is 12.1 Å². The van der Waals surface area contributed by atoms with E-state index in [0.717, 1.165) is 5.82 Å². The maximum atomic E-state index is 12.0. The van der Waals surface area contributed by atoms with Crippen LogP contribution in [0.1, 0.15) is 10.5 Å². The average Bonchev–Trinajstić information content (AvgIpc) is 2.39. The Morgan fingerprint density at radius 3 is 2.68 bits per heavy atom. The Labute approximate surface area is 110 Å². The van der Waals surface area contributed by atoms with Gasteiger partial charge < -0.3 is 16.0 Å². The van der Waals surface area contributed by atoms with Crippen molar-refractivity contribution in [3.63, 3.8) is 0 Å². The second-order valence-electron chi connectivity index (χ2n) is 4.02. The van der Waals surface area contributed by atoms with Gasteiger partial charge in [0.1, 0.15) is 11.6 Å². The zero-order chi connectivity index (χ0) is 13.8. The highest BCUT2D eigenvalue weighted by atomic mass is 16.2. The first-order chi connectivity index (χ1) is 9.08. The summed E-state index contributed by atoms with van der Waals surface area (Å²) in [6.07, 6.45) is 2.84. The molecule has 98 valence electrons. The fourth-order valence-corrected chi connectivity index (χ4v) is 1.44. The van der Waals surface area contributed by atoms with Crippen LogP contribution in [-0.2, 0) is 0 Å². The van der Waals surface area contributed by atoms with Gasteiger partial charge in [-0.3, -0.25) is 4.79 Å². The Bertz CT molecular complexity index is 598. The van der Waals surface area contributed by atoms with Crippen molar-refractivity contribution in [1.29, 1.82) is 0 Å². The number of nitrogens with two attached hydrogens (primary N) is 1.